The van der Waals surface area contributed by atoms with E-state index in [0.29, 0.717) is 12.1 Å². The third-order valence-electron chi connectivity index (χ3n) is 4.32. The molecule has 1 fully saturated rings. The maximum atomic E-state index is 12.8. The second kappa shape index (κ2) is 6.68. The Morgan fingerprint density at radius 1 is 1.20 bits per heavy atom. The molecule has 1 atom stereocenters. The van der Waals surface area contributed by atoms with Crippen molar-refractivity contribution in [2.24, 2.45) is 0 Å². The molecular weight excluding hydrogens is 338 g/mol. The van der Waals surface area contributed by atoms with Crippen LogP contribution < -0.4 is 5.32 Å². The number of amides is 4. The Hall–Kier alpha value is -2.67. The average Bonchev–Trinajstić information content (AvgIpc) is 3.18. The van der Waals surface area contributed by atoms with Gasteiger partial charge in [0.05, 0.1) is 6.54 Å². The van der Waals surface area contributed by atoms with Crippen LogP contribution in [0.15, 0.2) is 47.8 Å². The zero-order valence-electron chi connectivity index (χ0n) is 14.1. The summed E-state index contributed by atoms with van der Waals surface area (Å²) in [6.07, 6.45) is 0. The van der Waals surface area contributed by atoms with Gasteiger partial charge in [0.2, 0.25) is 5.91 Å². The number of carbonyl (C=O) groups is 3. The minimum Gasteiger partial charge on any atom is -0.339 e. The molecule has 0 unspecified atom stereocenters. The van der Waals surface area contributed by atoms with Crippen molar-refractivity contribution >= 4 is 29.2 Å². The van der Waals surface area contributed by atoms with Crippen molar-refractivity contribution in [2.75, 3.05) is 13.6 Å². The first-order valence-corrected chi connectivity index (χ1v) is 8.76. The summed E-state index contributed by atoms with van der Waals surface area (Å²) in [6, 6.07) is 12.3. The number of imide groups is 1. The largest absolute Gasteiger partial charge is 0.339 e. The van der Waals surface area contributed by atoms with Crippen LogP contribution in [0.4, 0.5) is 4.79 Å². The van der Waals surface area contributed by atoms with Crippen LogP contribution in [0.5, 0.6) is 0 Å². The summed E-state index contributed by atoms with van der Waals surface area (Å²) in [5.74, 6) is -0.698. The van der Waals surface area contributed by atoms with Crippen LogP contribution in [0, 0.1) is 0 Å². The van der Waals surface area contributed by atoms with E-state index in [2.05, 4.69) is 5.32 Å². The Morgan fingerprint density at radius 3 is 2.56 bits per heavy atom. The van der Waals surface area contributed by atoms with Crippen LogP contribution in [-0.2, 0) is 21.7 Å². The van der Waals surface area contributed by atoms with E-state index in [0.717, 1.165) is 9.78 Å². The summed E-state index contributed by atoms with van der Waals surface area (Å²) >= 11 is 1.56. The summed E-state index contributed by atoms with van der Waals surface area (Å²) in [4.78, 5) is 41.0. The van der Waals surface area contributed by atoms with E-state index in [1.807, 2.05) is 35.7 Å². The molecule has 2 aromatic rings. The number of urea groups is 1. The third-order valence-corrected chi connectivity index (χ3v) is 5.18. The molecule has 1 N–H and O–H groups in total. The van der Waals surface area contributed by atoms with Crippen LogP contribution in [0.3, 0.4) is 0 Å². The lowest BCUT2D eigenvalue weighted by Crippen LogP contribution is -2.43. The summed E-state index contributed by atoms with van der Waals surface area (Å²) in [7, 11) is 1.66. The Kier molecular flexibility index (Phi) is 4.59. The number of carbonyl (C=O) groups excluding carboxylic acids is 3. The minimum absolute atomic E-state index is 0.269. The predicted octanol–water partition coefficient (Wildman–Crippen LogP) is 2.17. The predicted molar refractivity (Wildman–Crippen MR) is 94.8 cm³/mol. The molecule has 0 saturated carbocycles. The van der Waals surface area contributed by atoms with Gasteiger partial charge in [0.25, 0.3) is 5.91 Å². The summed E-state index contributed by atoms with van der Waals surface area (Å²) < 4.78 is 0. The van der Waals surface area contributed by atoms with Crippen molar-refractivity contribution in [3.05, 3.63) is 58.3 Å². The highest BCUT2D eigenvalue weighted by atomic mass is 32.1. The first kappa shape index (κ1) is 17.2. The maximum absolute atomic E-state index is 12.8. The van der Waals surface area contributed by atoms with E-state index < -0.39 is 17.5 Å². The van der Waals surface area contributed by atoms with Gasteiger partial charge in [0.1, 0.15) is 12.1 Å². The SMILES string of the molecule is CN(Cc1cccs1)C(=O)CN1C(=O)N[C@](C)(c2ccccc2)C1=O. The van der Waals surface area contributed by atoms with E-state index in [1.54, 1.807) is 37.4 Å². The van der Waals surface area contributed by atoms with Gasteiger partial charge in [-0.05, 0) is 23.9 Å². The highest BCUT2D eigenvalue weighted by Gasteiger charge is 2.49. The van der Waals surface area contributed by atoms with Crippen LogP contribution in [-0.4, -0.2) is 41.2 Å². The Balaban J connectivity index is 1.71. The lowest BCUT2D eigenvalue weighted by atomic mass is 9.92. The Morgan fingerprint density at radius 2 is 1.92 bits per heavy atom. The molecule has 3 rings (SSSR count). The number of benzene rings is 1. The molecule has 7 heteroatoms. The normalized spacial score (nSPS) is 19.8. The lowest BCUT2D eigenvalue weighted by molar-refractivity contribution is -0.138. The first-order chi connectivity index (χ1) is 11.9. The molecule has 1 aliphatic heterocycles. The molecule has 4 amide bonds. The number of nitrogens with one attached hydrogen (secondary N) is 1. The third kappa shape index (κ3) is 3.28. The second-order valence-electron chi connectivity index (χ2n) is 6.14. The lowest BCUT2D eigenvalue weighted by Gasteiger charge is -2.23. The van der Waals surface area contributed by atoms with Gasteiger partial charge in [0, 0.05) is 11.9 Å². The number of rotatable bonds is 5. The number of hydrogen-bond acceptors (Lipinski definition) is 4. The molecule has 0 radical (unpaired) electrons. The van der Waals surface area contributed by atoms with Crippen molar-refractivity contribution in [2.45, 2.75) is 19.0 Å². The van der Waals surface area contributed by atoms with Gasteiger partial charge >= 0.3 is 6.03 Å². The fourth-order valence-electron chi connectivity index (χ4n) is 2.79. The van der Waals surface area contributed by atoms with E-state index in [4.69, 9.17) is 0 Å². The van der Waals surface area contributed by atoms with E-state index in [1.165, 1.54) is 4.90 Å². The number of hydrogen-bond donors (Lipinski definition) is 1. The van der Waals surface area contributed by atoms with Gasteiger partial charge in [-0.2, -0.15) is 0 Å². The highest BCUT2D eigenvalue weighted by molar-refractivity contribution is 7.09. The van der Waals surface area contributed by atoms with Gasteiger partial charge in [-0.3, -0.25) is 14.5 Å². The van der Waals surface area contributed by atoms with Gasteiger partial charge in [-0.25, -0.2) is 4.79 Å². The van der Waals surface area contributed by atoms with Crippen LogP contribution in [0.1, 0.15) is 17.4 Å². The molecule has 6 nitrogen and oxygen atoms in total. The Bertz CT molecular complexity index is 791. The summed E-state index contributed by atoms with van der Waals surface area (Å²) in [5.41, 5.74) is -0.458. The molecule has 1 aromatic carbocycles. The molecular formula is C18H19N3O3S. The molecule has 1 aromatic heterocycles. The van der Waals surface area contributed by atoms with Gasteiger partial charge in [0.15, 0.2) is 0 Å². The highest BCUT2D eigenvalue weighted by Crippen LogP contribution is 2.28. The van der Waals surface area contributed by atoms with Crippen molar-refractivity contribution in [1.82, 2.24) is 15.1 Å². The summed E-state index contributed by atoms with van der Waals surface area (Å²) in [5, 5.41) is 4.65. The molecule has 1 saturated heterocycles. The zero-order valence-corrected chi connectivity index (χ0v) is 14.9. The number of thiophene rings is 1. The van der Waals surface area contributed by atoms with Crippen LogP contribution in [0.2, 0.25) is 0 Å². The fourth-order valence-corrected chi connectivity index (χ4v) is 3.55. The molecule has 0 aliphatic carbocycles. The van der Waals surface area contributed by atoms with Gasteiger partial charge in [-0.1, -0.05) is 36.4 Å². The van der Waals surface area contributed by atoms with E-state index in [-0.39, 0.29) is 12.5 Å². The smallest absolute Gasteiger partial charge is 0.325 e. The quantitative estimate of drug-likeness (QED) is 0.834. The van der Waals surface area contributed by atoms with Crippen molar-refractivity contribution in [3.8, 4) is 0 Å². The van der Waals surface area contributed by atoms with Crippen molar-refractivity contribution in [1.29, 1.82) is 0 Å². The van der Waals surface area contributed by atoms with Crippen LogP contribution >= 0.6 is 11.3 Å². The number of nitrogens with zero attached hydrogens (tertiary/aromatic N) is 2. The monoisotopic (exact) mass is 357 g/mol. The average molecular weight is 357 g/mol. The van der Waals surface area contributed by atoms with Gasteiger partial charge < -0.3 is 10.2 Å². The van der Waals surface area contributed by atoms with Crippen molar-refractivity contribution < 1.29 is 14.4 Å². The topological polar surface area (TPSA) is 69.7 Å². The zero-order chi connectivity index (χ0) is 18.0. The second-order valence-corrected chi connectivity index (χ2v) is 7.17. The summed E-state index contributed by atoms with van der Waals surface area (Å²) in [6.45, 7) is 1.84. The Labute approximate surface area is 150 Å². The molecule has 2 heterocycles. The van der Waals surface area contributed by atoms with Crippen LogP contribution in [0.25, 0.3) is 0 Å². The maximum Gasteiger partial charge on any atom is 0.325 e. The molecule has 0 spiro atoms. The van der Waals surface area contributed by atoms with E-state index >= 15 is 0 Å². The molecule has 130 valence electrons. The van der Waals surface area contributed by atoms with Gasteiger partial charge in [-0.15, -0.1) is 11.3 Å². The fraction of sp³-hybridized carbons (Fsp3) is 0.278. The minimum atomic E-state index is -1.15. The standard InChI is InChI=1S/C18H19N3O3S/c1-18(13-7-4-3-5-8-13)16(23)21(17(24)19-18)12-15(22)20(2)11-14-9-6-10-25-14/h3-10H,11-12H2,1-2H3,(H,19,24)/t18-/m1/s1. The van der Waals surface area contributed by atoms with Crippen molar-refractivity contribution in [3.63, 3.8) is 0 Å². The number of likely N-dealkylation sites (N-methyl/N-ethyl adjacent to an activating group) is 1. The molecule has 0 bridgehead atoms. The van der Waals surface area contributed by atoms with E-state index in [9.17, 15) is 14.4 Å². The first-order valence-electron chi connectivity index (χ1n) is 7.88. The molecule has 1 aliphatic rings. The molecule has 25 heavy (non-hydrogen) atoms.